The van der Waals surface area contributed by atoms with E-state index in [2.05, 4.69) is 19.9 Å². The summed E-state index contributed by atoms with van der Waals surface area (Å²) in [5, 5.41) is 8.31. The smallest absolute Gasteiger partial charge is 0.0615 e. The lowest BCUT2D eigenvalue weighted by atomic mass is 10.2. The maximum Gasteiger partial charge on any atom is 0.0615 e. The number of aliphatic hydroxyl groups excluding tert-OH is 1. The van der Waals surface area contributed by atoms with Gasteiger partial charge in [0.05, 0.1) is 6.61 Å². The first-order chi connectivity index (χ1) is 4.27. The van der Waals surface area contributed by atoms with E-state index >= 15 is 0 Å². The van der Waals surface area contributed by atoms with Crippen molar-refractivity contribution in [2.24, 2.45) is 5.92 Å². The molecule has 0 heterocycles. The summed E-state index contributed by atoms with van der Waals surface area (Å²) in [6.45, 7) is 4.36. The summed E-state index contributed by atoms with van der Waals surface area (Å²) in [7, 11) is 0. The van der Waals surface area contributed by atoms with Gasteiger partial charge < -0.3 is 5.11 Å². The molecule has 0 aromatic rings. The minimum Gasteiger partial charge on any atom is -0.392 e. The zero-order chi connectivity index (χ0) is 7.11. The van der Waals surface area contributed by atoms with Crippen molar-refractivity contribution in [3.8, 4) is 0 Å². The molecule has 52 valence electrons. The maximum absolute atomic E-state index is 8.31. The Kier molecular flexibility index (Phi) is 5.23. The van der Waals surface area contributed by atoms with Gasteiger partial charge in [0.2, 0.25) is 0 Å². The van der Waals surface area contributed by atoms with E-state index in [1.54, 1.807) is 6.08 Å². The number of hydrogen-bond donors (Lipinski definition) is 1. The second kappa shape index (κ2) is 5.57. The van der Waals surface area contributed by atoms with Crippen molar-refractivity contribution in [2.75, 3.05) is 6.61 Å². The van der Waals surface area contributed by atoms with Gasteiger partial charge in [0.1, 0.15) is 0 Å². The van der Waals surface area contributed by atoms with Gasteiger partial charge >= 0.3 is 0 Å². The molecule has 9 heavy (non-hydrogen) atoms. The Hall–Kier alpha value is -0.560. The van der Waals surface area contributed by atoms with E-state index < -0.39 is 0 Å². The van der Waals surface area contributed by atoms with Crippen molar-refractivity contribution in [3.63, 3.8) is 0 Å². The molecule has 0 aromatic heterocycles. The summed E-state index contributed by atoms with van der Waals surface area (Å²) in [6.07, 6.45) is 7.58. The van der Waals surface area contributed by atoms with E-state index in [9.17, 15) is 0 Å². The van der Waals surface area contributed by atoms with Gasteiger partial charge in [-0.15, -0.1) is 0 Å². The Morgan fingerprint density at radius 1 is 1.33 bits per heavy atom. The standard InChI is InChI=1S/C8H14O/c1-8(2)6-4-3-5-7-9/h3-6,8-9H,7H2,1-2H3/b5-3-,6-4-. The van der Waals surface area contributed by atoms with Crippen molar-refractivity contribution in [1.82, 2.24) is 0 Å². The lowest BCUT2D eigenvalue weighted by Crippen LogP contribution is -1.75. The average molecular weight is 126 g/mol. The molecule has 1 heteroatoms. The van der Waals surface area contributed by atoms with Crippen LogP contribution in [0, 0.1) is 5.92 Å². The van der Waals surface area contributed by atoms with Crippen LogP contribution >= 0.6 is 0 Å². The first-order valence-electron chi connectivity index (χ1n) is 3.21. The fourth-order valence-electron chi connectivity index (χ4n) is 0.426. The molecule has 0 aliphatic heterocycles. The summed E-state index contributed by atoms with van der Waals surface area (Å²) in [6, 6.07) is 0. The Morgan fingerprint density at radius 3 is 2.44 bits per heavy atom. The minimum absolute atomic E-state index is 0.127. The Bertz CT molecular complexity index is 101. The van der Waals surface area contributed by atoms with Gasteiger partial charge in [-0.1, -0.05) is 38.2 Å². The highest BCUT2D eigenvalue weighted by Gasteiger charge is 1.78. The van der Waals surface area contributed by atoms with Crippen molar-refractivity contribution >= 4 is 0 Å². The summed E-state index contributed by atoms with van der Waals surface area (Å²) in [5.41, 5.74) is 0. The highest BCUT2D eigenvalue weighted by molar-refractivity contribution is 5.03. The van der Waals surface area contributed by atoms with Gasteiger partial charge in [0.15, 0.2) is 0 Å². The van der Waals surface area contributed by atoms with Crippen molar-refractivity contribution in [2.45, 2.75) is 13.8 Å². The Balaban J connectivity index is 3.35. The summed E-state index contributed by atoms with van der Waals surface area (Å²) in [5.74, 6) is 0.591. The third-order valence-corrected chi connectivity index (χ3v) is 0.849. The molecule has 0 amide bonds. The summed E-state index contributed by atoms with van der Waals surface area (Å²) in [4.78, 5) is 0. The molecule has 0 bridgehead atoms. The van der Waals surface area contributed by atoms with Crippen molar-refractivity contribution in [3.05, 3.63) is 24.3 Å². The number of allylic oxidation sites excluding steroid dienone is 3. The van der Waals surface area contributed by atoms with Gasteiger partial charge in [0, 0.05) is 0 Å². The number of aliphatic hydroxyl groups is 1. The van der Waals surface area contributed by atoms with E-state index in [4.69, 9.17) is 5.11 Å². The molecule has 0 atom stereocenters. The second-order valence-corrected chi connectivity index (χ2v) is 2.24. The van der Waals surface area contributed by atoms with Crippen LogP contribution in [0.1, 0.15) is 13.8 Å². The largest absolute Gasteiger partial charge is 0.392 e. The molecule has 0 aromatic carbocycles. The first-order valence-corrected chi connectivity index (χ1v) is 3.21. The lowest BCUT2D eigenvalue weighted by molar-refractivity contribution is 0.343. The van der Waals surface area contributed by atoms with Crippen molar-refractivity contribution < 1.29 is 5.11 Å². The van der Waals surface area contributed by atoms with Crippen LogP contribution in [0.3, 0.4) is 0 Å². The van der Waals surface area contributed by atoms with Crippen molar-refractivity contribution in [1.29, 1.82) is 0 Å². The third kappa shape index (κ3) is 7.44. The lowest BCUT2D eigenvalue weighted by Gasteiger charge is -1.88. The SMILES string of the molecule is CC(C)/C=C\C=C/CO. The highest BCUT2D eigenvalue weighted by Crippen LogP contribution is 1.92. The van der Waals surface area contributed by atoms with Crippen LogP contribution in [0.2, 0.25) is 0 Å². The van der Waals surface area contributed by atoms with Crippen LogP contribution in [0.5, 0.6) is 0 Å². The highest BCUT2D eigenvalue weighted by atomic mass is 16.2. The quantitative estimate of drug-likeness (QED) is 0.571. The average Bonchev–Trinajstić information content (AvgIpc) is 1.80. The van der Waals surface area contributed by atoms with E-state index in [-0.39, 0.29) is 6.61 Å². The van der Waals surface area contributed by atoms with E-state index in [0.717, 1.165) is 0 Å². The van der Waals surface area contributed by atoms with Gasteiger partial charge in [-0.05, 0) is 5.92 Å². The fraction of sp³-hybridized carbons (Fsp3) is 0.500. The molecule has 0 radical (unpaired) electrons. The van der Waals surface area contributed by atoms with Crippen LogP contribution in [0.25, 0.3) is 0 Å². The molecule has 0 rings (SSSR count). The zero-order valence-electron chi connectivity index (χ0n) is 6.04. The first kappa shape index (κ1) is 8.44. The maximum atomic E-state index is 8.31. The molecule has 0 unspecified atom stereocenters. The predicted molar refractivity (Wildman–Crippen MR) is 40.2 cm³/mol. The van der Waals surface area contributed by atoms with Crippen LogP contribution in [0.15, 0.2) is 24.3 Å². The van der Waals surface area contributed by atoms with Crippen LogP contribution in [-0.4, -0.2) is 11.7 Å². The van der Waals surface area contributed by atoms with Crippen LogP contribution in [0.4, 0.5) is 0 Å². The molecular weight excluding hydrogens is 112 g/mol. The van der Waals surface area contributed by atoms with Crippen LogP contribution in [-0.2, 0) is 0 Å². The molecule has 1 N–H and O–H groups in total. The summed E-state index contributed by atoms with van der Waals surface area (Å²) < 4.78 is 0. The normalized spacial score (nSPS) is 12.4. The molecule has 0 aliphatic carbocycles. The predicted octanol–water partition coefficient (Wildman–Crippen LogP) is 1.75. The Labute approximate surface area is 56.7 Å². The minimum atomic E-state index is 0.127. The third-order valence-electron chi connectivity index (χ3n) is 0.849. The molecule has 0 saturated carbocycles. The molecule has 0 aliphatic rings. The Morgan fingerprint density at radius 2 is 2.00 bits per heavy atom. The van der Waals surface area contributed by atoms with Gasteiger partial charge in [-0.3, -0.25) is 0 Å². The topological polar surface area (TPSA) is 20.2 Å². The van der Waals surface area contributed by atoms with E-state index in [1.165, 1.54) is 0 Å². The molecule has 1 nitrogen and oxygen atoms in total. The number of hydrogen-bond acceptors (Lipinski definition) is 1. The van der Waals surface area contributed by atoms with Gasteiger partial charge in [-0.25, -0.2) is 0 Å². The molecule has 0 fully saturated rings. The van der Waals surface area contributed by atoms with Gasteiger partial charge in [0.25, 0.3) is 0 Å². The molecule has 0 spiro atoms. The summed E-state index contributed by atoms with van der Waals surface area (Å²) >= 11 is 0. The van der Waals surface area contributed by atoms with Gasteiger partial charge in [-0.2, -0.15) is 0 Å². The number of rotatable bonds is 3. The van der Waals surface area contributed by atoms with E-state index in [1.807, 2.05) is 12.2 Å². The zero-order valence-corrected chi connectivity index (χ0v) is 6.04. The fourth-order valence-corrected chi connectivity index (χ4v) is 0.426. The van der Waals surface area contributed by atoms with E-state index in [0.29, 0.717) is 5.92 Å². The monoisotopic (exact) mass is 126 g/mol. The second-order valence-electron chi connectivity index (χ2n) is 2.24. The van der Waals surface area contributed by atoms with Crippen LogP contribution < -0.4 is 0 Å². The molecular formula is C8H14O. The molecule has 0 saturated heterocycles.